The SMILES string of the molecule is CS(=O)(=O)N(CCNC(=O)c1cccc(F)c1)CCc1ccccc1. The Morgan fingerprint density at radius 3 is 2.44 bits per heavy atom. The molecule has 0 saturated heterocycles. The number of amides is 1. The van der Waals surface area contributed by atoms with Crippen LogP contribution in [-0.4, -0.2) is 44.5 Å². The molecule has 0 aliphatic heterocycles. The summed E-state index contributed by atoms with van der Waals surface area (Å²) in [5.74, 6) is -0.927. The molecule has 7 heteroatoms. The van der Waals surface area contributed by atoms with E-state index in [1.165, 1.54) is 22.5 Å². The predicted octanol–water partition coefficient (Wildman–Crippen LogP) is 2.06. The summed E-state index contributed by atoms with van der Waals surface area (Å²) in [6.45, 7) is 0.641. The molecule has 2 rings (SSSR count). The standard InChI is InChI=1S/C18H21FN2O3S/c1-25(23,24)21(12-10-15-6-3-2-4-7-15)13-11-20-18(22)16-8-5-9-17(19)14-16/h2-9,14H,10-13H2,1H3,(H,20,22). The quantitative estimate of drug-likeness (QED) is 0.780. The van der Waals surface area contributed by atoms with Crippen LogP contribution in [0.15, 0.2) is 54.6 Å². The number of nitrogens with zero attached hydrogens (tertiary/aromatic N) is 1. The molecule has 0 saturated carbocycles. The van der Waals surface area contributed by atoms with Crippen LogP contribution in [0.5, 0.6) is 0 Å². The fourth-order valence-electron chi connectivity index (χ4n) is 2.37. The van der Waals surface area contributed by atoms with Gasteiger partial charge in [0.25, 0.3) is 5.91 Å². The third-order valence-electron chi connectivity index (χ3n) is 3.70. The minimum Gasteiger partial charge on any atom is -0.351 e. The van der Waals surface area contributed by atoms with Gasteiger partial charge in [-0.15, -0.1) is 0 Å². The summed E-state index contributed by atoms with van der Waals surface area (Å²) in [4.78, 5) is 12.0. The van der Waals surface area contributed by atoms with Crippen molar-refractivity contribution in [1.29, 1.82) is 0 Å². The van der Waals surface area contributed by atoms with Crippen molar-refractivity contribution in [2.24, 2.45) is 0 Å². The third kappa shape index (κ3) is 6.28. The Bertz CT molecular complexity index is 810. The molecular formula is C18H21FN2O3S. The summed E-state index contributed by atoms with van der Waals surface area (Å²) in [6, 6.07) is 14.9. The molecule has 0 aromatic heterocycles. The summed E-state index contributed by atoms with van der Waals surface area (Å²) >= 11 is 0. The Labute approximate surface area is 147 Å². The summed E-state index contributed by atoms with van der Waals surface area (Å²) in [5.41, 5.74) is 1.25. The van der Waals surface area contributed by atoms with Crippen LogP contribution in [0.4, 0.5) is 4.39 Å². The zero-order chi connectivity index (χ0) is 18.3. The Kier molecular flexibility index (Phi) is 6.66. The van der Waals surface area contributed by atoms with Crippen molar-refractivity contribution >= 4 is 15.9 Å². The van der Waals surface area contributed by atoms with E-state index in [4.69, 9.17) is 0 Å². The number of carbonyl (C=O) groups excluding carboxylic acids is 1. The Hall–Kier alpha value is -2.25. The van der Waals surface area contributed by atoms with Crippen LogP contribution < -0.4 is 5.32 Å². The molecule has 0 radical (unpaired) electrons. The molecule has 1 N–H and O–H groups in total. The molecule has 25 heavy (non-hydrogen) atoms. The first-order valence-corrected chi connectivity index (χ1v) is 9.74. The van der Waals surface area contributed by atoms with E-state index < -0.39 is 21.7 Å². The van der Waals surface area contributed by atoms with Crippen LogP contribution in [0.25, 0.3) is 0 Å². The van der Waals surface area contributed by atoms with Crippen LogP contribution in [0.2, 0.25) is 0 Å². The van der Waals surface area contributed by atoms with Crippen molar-refractivity contribution in [1.82, 2.24) is 9.62 Å². The number of sulfonamides is 1. The number of hydrogen-bond donors (Lipinski definition) is 1. The zero-order valence-electron chi connectivity index (χ0n) is 14.0. The first-order valence-electron chi connectivity index (χ1n) is 7.89. The van der Waals surface area contributed by atoms with Gasteiger partial charge < -0.3 is 5.32 Å². The van der Waals surface area contributed by atoms with Crippen LogP contribution in [0, 0.1) is 5.82 Å². The van der Waals surface area contributed by atoms with Gasteiger partial charge in [-0.25, -0.2) is 17.1 Å². The fourth-order valence-corrected chi connectivity index (χ4v) is 3.21. The van der Waals surface area contributed by atoms with Crippen molar-refractivity contribution in [2.45, 2.75) is 6.42 Å². The van der Waals surface area contributed by atoms with E-state index >= 15 is 0 Å². The normalized spacial score (nSPS) is 11.5. The Balaban J connectivity index is 1.89. The van der Waals surface area contributed by atoms with Crippen molar-refractivity contribution in [3.05, 3.63) is 71.5 Å². The lowest BCUT2D eigenvalue weighted by Crippen LogP contribution is -2.39. The van der Waals surface area contributed by atoms with Crippen LogP contribution in [0.1, 0.15) is 15.9 Å². The number of benzene rings is 2. The third-order valence-corrected chi connectivity index (χ3v) is 5.00. The molecule has 134 valence electrons. The van der Waals surface area contributed by atoms with Crippen molar-refractivity contribution in [3.8, 4) is 0 Å². The minimum absolute atomic E-state index is 0.150. The fraction of sp³-hybridized carbons (Fsp3) is 0.278. The molecule has 0 fully saturated rings. The number of nitrogens with one attached hydrogen (secondary N) is 1. The van der Waals surface area contributed by atoms with Gasteiger partial charge in [0, 0.05) is 25.2 Å². The molecule has 0 spiro atoms. The van der Waals surface area contributed by atoms with Crippen molar-refractivity contribution in [2.75, 3.05) is 25.9 Å². The highest BCUT2D eigenvalue weighted by Gasteiger charge is 2.16. The average Bonchev–Trinajstić information content (AvgIpc) is 2.57. The van der Waals surface area contributed by atoms with E-state index in [1.54, 1.807) is 0 Å². The van der Waals surface area contributed by atoms with Crippen LogP contribution >= 0.6 is 0 Å². The maximum Gasteiger partial charge on any atom is 0.251 e. The Morgan fingerprint density at radius 2 is 1.80 bits per heavy atom. The smallest absolute Gasteiger partial charge is 0.251 e. The molecule has 1 amide bonds. The largest absolute Gasteiger partial charge is 0.351 e. The Morgan fingerprint density at radius 1 is 1.08 bits per heavy atom. The molecule has 0 heterocycles. The summed E-state index contributed by atoms with van der Waals surface area (Å²) in [6.07, 6.45) is 1.73. The van der Waals surface area contributed by atoms with Gasteiger partial charge in [0.1, 0.15) is 5.82 Å². The summed E-state index contributed by atoms with van der Waals surface area (Å²) < 4.78 is 38.3. The van der Waals surface area contributed by atoms with Crippen molar-refractivity contribution < 1.29 is 17.6 Å². The van der Waals surface area contributed by atoms with Crippen molar-refractivity contribution in [3.63, 3.8) is 0 Å². The molecule has 0 aliphatic carbocycles. The molecule has 0 aliphatic rings. The van der Waals surface area contributed by atoms with E-state index in [-0.39, 0.29) is 18.7 Å². The van der Waals surface area contributed by atoms with Gasteiger partial charge in [-0.1, -0.05) is 36.4 Å². The minimum atomic E-state index is -3.38. The number of rotatable bonds is 8. The summed E-state index contributed by atoms with van der Waals surface area (Å²) in [5, 5.41) is 2.62. The number of hydrogen-bond acceptors (Lipinski definition) is 3. The highest BCUT2D eigenvalue weighted by Crippen LogP contribution is 2.05. The zero-order valence-corrected chi connectivity index (χ0v) is 14.8. The van der Waals surface area contributed by atoms with Crippen LogP contribution in [0.3, 0.4) is 0 Å². The lowest BCUT2D eigenvalue weighted by Gasteiger charge is -2.20. The van der Waals surface area contributed by atoms with Gasteiger partial charge in [-0.05, 0) is 30.2 Å². The van der Waals surface area contributed by atoms with E-state index in [2.05, 4.69) is 5.32 Å². The number of halogens is 1. The second-order valence-corrected chi connectivity index (χ2v) is 7.65. The highest BCUT2D eigenvalue weighted by atomic mass is 32.2. The monoisotopic (exact) mass is 364 g/mol. The van der Waals surface area contributed by atoms with E-state index in [9.17, 15) is 17.6 Å². The first kappa shape index (κ1) is 19.1. The van der Waals surface area contributed by atoms with Gasteiger partial charge in [0.15, 0.2) is 0 Å². The maximum atomic E-state index is 13.1. The molecule has 2 aromatic carbocycles. The molecule has 5 nitrogen and oxygen atoms in total. The number of carbonyl (C=O) groups is 1. The highest BCUT2D eigenvalue weighted by molar-refractivity contribution is 7.88. The predicted molar refractivity (Wildman–Crippen MR) is 95.3 cm³/mol. The lowest BCUT2D eigenvalue weighted by atomic mass is 10.1. The molecule has 0 atom stereocenters. The van der Waals surface area contributed by atoms with Gasteiger partial charge in [-0.2, -0.15) is 0 Å². The van der Waals surface area contributed by atoms with Gasteiger partial charge in [-0.3, -0.25) is 4.79 Å². The maximum absolute atomic E-state index is 13.1. The van der Waals surface area contributed by atoms with Gasteiger partial charge >= 0.3 is 0 Å². The molecular weight excluding hydrogens is 343 g/mol. The lowest BCUT2D eigenvalue weighted by molar-refractivity contribution is 0.0951. The van der Waals surface area contributed by atoms with E-state index in [0.29, 0.717) is 13.0 Å². The first-order chi connectivity index (χ1) is 11.9. The second kappa shape index (κ2) is 8.73. The second-order valence-electron chi connectivity index (χ2n) is 5.66. The van der Waals surface area contributed by atoms with E-state index in [1.807, 2.05) is 30.3 Å². The van der Waals surface area contributed by atoms with Crippen LogP contribution in [-0.2, 0) is 16.4 Å². The topological polar surface area (TPSA) is 66.5 Å². The molecule has 0 bridgehead atoms. The molecule has 2 aromatic rings. The molecule has 0 unspecified atom stereocenters. The average molecular weight is 364 g/mol. The van der Waals surface area contributed by atoms with Gasteiger partial charge in [0.05, 0.1) is 6.26 Å². The summed E-state index contributed by atoms with van der Waals surface area (Å²) in [7, 11) is -3.38. The van der Waals surface area contributed by atoms with Gasteiger partial charge in [0.2, 0.25) is 10.0 Å². The van der Waals surface area contributed by atoms with E-state index in [0.717, 1.165) is 17.9 Å².